The highest BCUT2D eigenvalue weighted by atomic mass is 16.2. The van der Waals surface area contributed by atoms with Crippen molar-refractivity contribution >= 4 is 33.4 Å². The van der Waals surface area contributed by atoms with Gasteiger partial charge in [-0.25, -0.2) is 4.68 Å². The first-order valence-corrected chi connectivity index (χ1v) is 8.62. The highest BCUT2D eigenvalue weighted by molar-refractivity contribution is 6.06. The van der Waals surface area contributed by atoms with Gasteiger partial charge in [0.25, 0.3) is 5.56 Å². The average Bonchev–Trinajstić information content (AvgIpc) is 3.08. The minimum absolute atomic E-state index is 0.146. The number of para-hydroxylation sites is 2. The van der Waals surface area contributed by atoms with Gasteiger partial charge < -0.3 is 9.88 Å². The molecule has 6 heteroatoms. The molecule has 6 nitrogen and oxygen atoms in total. The van der Waals surface area contributed by atoms with Gasteiger partial charge in [-0.2, -0.15) is 5.10 Å². The van der Waals surface area contributed by atoms with Crippen LogP contribution in [-0.4, -0.2) is 27.2 Å². The average molecular weight is 358 g/mol. The third-order valence-electron chi connectivity index (χ3n) is 4.49. The monoisotopic (exact) mass is 358 g/mol. The Hall–Kier alpha value is -3.67. The minimum Gasteiger partial charge on any atom is -0.350 e. The Balaban J connectivity index is 1.71. The fraction of sp³-hybridized carbons (Fsp3) is 0.0952. The number of carbonyl (C=O) groups is 1. The van der Waals surface area contributed by atoms with Crippen LogP contribution in [0.5, 0.6) is 0 Å². The first-order valence-electron chi connectivity index (χ1n) is 8.62. The number of nitrogens with zero attached hydrogens (tertiary/aromatic N) is 3. The van der Waals surface area contributed by atoms with Crippen LogP contribution >= 0.6 is 0 Å². The Kier molecular flexibility index (Phi) is 4.30. The van der Waals surface area contributed by atoms with Crippen LogP contribution < -0.4 is 10.5 Å². The number of nitrogens with one attached hydrogen (secondary N) is 1. The maximum absolute atomic E-state index is 12.8. The molecule has 4 rings (SSSR count). The van der Waals surface area contributed by atoms with Crippen LogP contribution in [0.2, 0.25) is 0 Å². The second kappa shape index (κ2) is 6.92. The molecule has 2 aromatic heterocycles. The fourth-order valence-corrected chi connectivity index (χ4v) is 3.19. The van der Waals surface area contributed by atoms with Crippen molar-refractivity contribution in [1.82, 2.24) is 14.8 Å². The molecule has 0 aliphatic rings. The number of aromatic nitrogens is 3. The van der Waals surface area contributed by atoms with E-state index in [1.54, 1.807) is 17.2 Å². The van der Waals surface area contributed by atoms with Gasteiger partial charge in [-0.05, 0) is 18.2 Å². The van der Waals surface area contributed by atoms with E-state index in [1.807, 2.05) is 54.6 Å². The molecule has 4 aromatic rings. The number of rotatable bonds is 5. The van der Waals surface area contributed by atoms with E-state index in [2.05, 4.69) is 16.7 Å². The molecule has 0 saturated heterocycles. The fourth-order valence-electron chi connectivity index (χ4n) is 3.19. The smallest absolute Gasteiger partial charge is 0.291 e. The number of fused-ring (bicyclic) bond motifs is 3. The highest BCUT2D eigenvalue weighted by Gasteiger charge is 2.17. The van der Waals surface area contributed by atoms with Gasteiger partial charge >= 0.3 is 0 Å². The van der Waals surface area contributed by atoms with Crippen molar-refractivity contribution in [1.29, 1.82) is 0 Å². The number of H-pyrrole nitrogens is 1. The van der Waals surface area contributed by atoms with Crippen LogP contribution in [0, 0.1) is 0 Å². The quantitative estimate of drug-likeness (QED) is 0.557. The number of hydrogen-bond acceptors (Lipinski definition) is 3. The predicted octanol–water partition coefficient (Wildman–Crippen LogP) is 3.10. The Morgan fingerprint density at radius 2 is 1.85 bits per heavy atom. The summed E-state index contributed by atoms with van der Waals surface area (Å²) in [5.41, 5.74) is 1.76. The summed E-state index contributed by atoms with van der Waals surface area (Å²) in [4.78, 5) is 30.4. The molecule has 2 aromatic carbocycles. The van der Waals surface area contributed by atoms with Crippen molar-refractivity contribution in [3.63, 3.8) is 0 Å². The molecule has 27 heavy (non-hydrogen) atoms. The molecule has 0 aliphatic heterocycles. The van der Waals surface area contributed by atoms with E-state index in [9.17, 15) is 9.59 Å². The van der Waals surface area contributed by atoms with Gasteiger partial charge in [-0.1, -0.05) is 42.5 Å². The molecule has 0 spiro atoms. The highest BCUT2D eigenvalue weighted by Crippen LogP contribution is 2.21. The Labute approximate surface area is 155 Å². The van der Waals surface area contributed by atoms with Crippen LogP contribution in [0.3, 0.4) is 0 Å². The first kappa shape index (κ1) is 16.8. The maximum atomic E-state index is 12.8. The molecular weight excluding hydrogens is 340 g/mol. The summed E-state index contributed by atoms with van der Waals surface area (Å²) in [5.74, 6) is -0.230. The second-order valence-corrected chi connectivity index (χ2v) is 6.20. The number of aromatic amines is 1. The predicted molar refractivity (Wildman–Crippen MR) is 107 cm³/mol. The number of benzene rings is 2. The summed E-state index contributed by atoms with van der Waals surface area (Å²) < 4.78 is 1.19. The van der Waals surface area contributed by atoms with E-state index in [4.69, 9.17) is 0 Å². The van der Waals surface area contributed by atoms with E-state index in [0.717, 1.165) is 22.0 Å². The number of carbonyl (C=O) groups excluding carboxylic acids is 1. The molecule has 0 unspecified atom stereocenters. The second-order valence-electron chi connectivity index (χ2n) is 6.20. The van der Waals surface area contributed by atoms with E-state index >= 15 is 0 Å². The first-order chi connectivity index (χ1) is 13.2. The SMILES string of the molecule is C=CCN(C(=O)Cn1ncc2c([nH]c3ccccc32)c1=O)c1ccccc1. The number of hydrogen-bond donors (Lipinski definition) is 1. The van der Waals surface area contributed by atoms with Crippen molar-refractivity contribution in [2.75, 3.05) is 11.4 Å². The normalized spacial score (nSPS) is 11.0. The lowest BCUT2D eigenvalue weighted by Gasteiger charge is -2.21. The largest absolute Gasteiger partial charge is 0.350 e. The summed E-state index contributed by atoms with van der Waals surface area (Å²) >= 11 is 0. The summed E-state index contributed by atoms with van der Waals surface area (Å²) in [6.07, 6.45) is 3.28. The molecule has 0 bridgehead atoms. The van der Waals surface area contributed by atoms with Gasteiger partial charge in [0.05, 0.1) is 6.20 Å². The van der Waals surface area contributed by atoms with E-state index < -0.39 is 0 Å². The van der Waals surface area contributed by atoms with Gasteiger partial charge in [-0.15, -0.1) is 6.58 Å². The van der Waals surface area contributed by atoms with Crippen molar-refractivity contribution in [3.05, 3.63) is 83.8 Å². The maximum Gasteiger partial charge on any atom is 0.291 e. The van der Waals surface area contributed by atoms with Crippen LogP contribution in [0.4, 0.5) is 5.69 Å². The molecule has 0 aliphatic carbocycles. The van der Waals surface area contributed by atoms with E-state index in [-0.39, 0.29) is 18.0 Å². The Bertz CT molecular complexity index is 1190. The van der Waals surface area contributed by atoms with Crippen molar-refractivity contribution in [2.24, 2.45) is 0 Å². The molecule has 134 valence electrons. The summed E-state index contributed by atoms with van der Waals surface area (Å²) in [6, 6.07) is 17.0. The van der Waals surface area contributed by atoms with Crippen molar-refractivity contribution in [2.45, 2.75) is 6.54 Å². The lowest BCUT2D eigenvalue weighted by Crippen LogP contribution is -2.37. The van der Waals surface area contributed by atoms with Gasteiger partial charge in [0, 0.05) is 28.5 Å². The van der Waals surface area contributed by atoms with E-state index in [0.29, 0.717) is 12.1 Å². The standard InChI is InChI=1S/C21H18N4O2/c1-2-12-24(15-8-4-3-5-9-15)19(26)14-25-21(27)20-17(13-22-25)16-10-6-7-11-18(16)23-20/h2-11,13,23H,1,12,14H2. The zero-order valence-electron chi connectivity index (χ0n) is 14.6. The lowest BCUT2D eigenvalue weighted by molar-refractivity contribution is -0.119. The number of amides is 1. The topological polar surface area (TPSA) is 71.0 Å². The van der Waals surface area contributed by atoms with E-state index in [1.165, 1.54) is 4.68 Å². The van der Waals surface area contributed by atoms with Crippen LogP contribution in [-0.2, 0) is 11.3 Å². The molecule has 1 N–H and O–H groups in total. The molecule has 0 atom stereocenters. The van der Waals surface area contributed by atoms with Gasteiger partial charge in [0.2, 0.25) is 5.91 Å². The lowest BCUT2D eigenvalue weighted by atomic mass is 10.2. The third-order valence-corrected chi connectivity index (χ3v) is 4.49. The van der Waals surface area contributed by atoms with Gasteiger partial charge in [-0.3, -0.25) is 9.59 Å². The zero-order valence-corrected chi connectivity index (χ0v) is 14.6. The van der Waals surface area contributed by atoms with Crippen LogP contribution in [0.25, 0.3) is 21.8 Å². The van der Waals surface area contributed by atoms with Crippen molar-refractivity contribution < 1.29 is 4.79 Å². The van der Waals surface area contributed by atoms with Crippen molar-refractivity contribution in [3.8, 4) is 0 Å². The molecule has 1 amide bonds. The Morgan fingerprint density at radius 3 is 2.63 bits per heavy atom. The molecule has 0 saturated carbocycles. The summed E-state index contributed by atoms with van der Waals surface area (Å²) in [5, 5.41) is 5.91. The minimum atomic E-state index is -0.316. The number of anilines is 1. The molecule has 0 fully saturated rings. The van der Waals surface area contributed by atoms with Gasteiger partial charge in [0.1, 0.15) is 12.1 Å². The van der Waals surface area contributed by atoms with Crippen LogP contribution in [0.1, 0.15) is 0 Å². The summed E-state index contributed by atoms with van der Waals surface area (Å²) in [6.45, 7) is 3.92. The molecular formula is C21H18N4O2. The van der Waals surface area contributed by atoms with Crippen LogP contribution in [0.15, 0.2) is 78.2 Å². The Morgan fingerprint density at radius 1 is 1.11 bits per heavy atom. The third kappa shape index (κ3) is 3.01. The molecule has 0 radical (unpaired) electrons. The summed E-state index contributed by atoms with van der Waals surface area (Å²) in [7, 11) is 0. The molecule has 2 heterocycles. The zero-order chi connectivity index (χ0) is 18.8. The van der Waals surface area contributed by atoms with Gasteiger partial charge in [0.15, 0.2) is 0 Å².